The third-order valence-electron chi connectivity index (χ3n) is 2.75. The minimum atomic E-state index is 0.111. The van der Waals surface area contributed by atoms with Gasteiger partial charge < -0.3 is 10.1 Å². The summed E-state index contributed by atoms with van der Waals surface area (Å²) >= 11 is 3.47. The SMILES string of the molecule is CCCCNC(=O)CCCOc1ccc(C)cc1Br. The molecule has 0 radical (unpaired) electrons. The second kappa shape index (κ2) is 8.97. The first-order valence-corrected chi connectivity index (χ1v) is 7.58. The zero-order chi connectivity index (χ0) is 14.1. The molecule has 19 heavy (non-hydrogen) atoms. The van der Waals surface area contributed by atoms with Crippen molar-refractivity contribution in [1.82, 2.24) is 5.32 Å². The van der Waals surface area contributed by atoms with E-state index in [9.17, 15) is 4.79 Å². The van der Waals surface area contributed by atoms with E-state index in [-0.39, 0.29) is 5.91 Å². The van der Waals surface area contributed by atoms with Crippen LogP contribution in [-0.4, -0.2) is 19.1 Å². The molecule has 0 spiro atoms. The van der Waals surface area contributed by atoms with Gasteiger partial charge >= 0.3 is 0 Å². The van der Waals surface area contributed by atoms with Crippen LogP contribution in [0.15, 0.2) is 22.7 Å². The van der Waals surface area contributed by atoms with Gasteiger partial charge in [0.05, 0.1) is 11.1 Å². The lowest BCUT2D eigenvalue weighted by Crippen LogP contribution is -2.24. The molecule has 0 heterocycles. The van der Waals surface area contributed by atoms with Crippen LogP contribution in [0.2, 0.25) is 0 Å². The van der Waals surface area contributed by atoms with E-state index < -0.39 is 0 Å². The number of hydrogen-bond donors (Lipinski definition) is 1. The molecule has 0 unspecified atom stereocenters. The number of amides is 1. The van der Waals surface area contributed by atoms with Crippen LogP contribution in [0.3, 0.4) is 0 Å². The Morgan fingerprint density at radius 3 is 2.84 bits per heavy atom. The fourth-order valence-electron chi connectivity index (χ4n) is 1.63. The molecule has 0 saturated heterocycles. The zero-order valence-electron chi connectivity index (χ0n) is 11.7. The molecule has 1 N–H and O–H groups in total. The largest absolute Gasteiger partial charge is 0.492 e. The predicted molar refractivity (Wildman–Crippen MR) is 81.5 cm³/mol. The van der Waals surface area contributed by atoms with Crippen LogP contribution in [0.25, 0.3) is 0 Å². The summed E-state index contributed by atoms with van der Waals surface area (Å²) in [7, 11) is 0. The first kappa shape index (κ1) is 16.0. The van der Waals surface area contributed by atoms with E-state index in [4.69, 9.17) is 4.74 Å². The zero-order valence-corrected chi connectivity index (χ0v) is 13.3. The van der Waals surface area contributed by atoms with Crippen molar-refractivity contribution >= 4 is 21.8 Å². The molecule has 0 aliphatic rings. The van der Waals surface area contributed by atoms with Crippen molar-refractivity contribution in [1.29, 1.82) is 0 Å². The highest BCUT2D eigenvalue weighted by Gasteiger charge is 2.03. The Morgan fingerprint density at radius 1 is 1.37 bits per heavy atom. The van der Waals surface area contributed by atoms with Crippen LogP contribution < -0.4 is 10.1 Å². The predicted octanol–water partition coefficient (Wildman–Crippen LogP) is 3.83. The topological polar surface area (TPSA) is 38.3 Å². The van der Waals surface area contributed by atoms with Gasteiger partial charge in [-0.05, 0) is 53.4 Å². The fraction of sp³-hybridized carbons (Fsp3) is 0.533. The Hall–Kier alpha value is -1.03. The maximum atomic E-state index is 11.5. The summed E-state index contributed by atoms with van der Waals surface area (Å²) in [6.45, 7) is 5.48. The van der Waals surface area contributed by atoms with Gasteiger partial charge in [-0.15, -0.1) is 0 Å². The van der Waals surface area contributed by atoms with Crippen molar-refractivity contribution in [2.24, 2.45) is 0 Å². The highest BCUT2D eigenvalue weighted by Crippen LogP contribution is 2.25. The van der Waals surface area contributed by atoms with E-state index in [0.29, 0.717) is 13.0 Å². The minimum Gasteiger partial charge on any atom is -0.492 e. The lowest BCUT2D eigenvalue weighted by atomic mass is 10.2. The quantitative estimate of drug-likeness (QED) is 0.737. The maximum Gasteiger partial charge on any atom is 0.220 e. The number of carbonyl (C=O) groups is 1. The van der Waals surface area contributed by atoms with Gasteiger partial charge in [0.1, 0.15) is 5.75 Å². The summed E-state index contributed by atoms with van der Waals surface area (Å²) in [5.74, 6) is 0.942. The molecule has 0 aromatic heterocycles. The number of ether oxygens (including phenoxy) is 1. The number of aryl methyl sites for hydroxylation is 1. The van der Waals surface area contributed by atoms with Crippen LogP contribution in [0.1, 0.15) is 38.2 Å². The van der Waals surface area contributed by atoms with Crippen LogP contribution >= 0.6 is 15.9 Å². The molecule has 0 fully saturated rings. The lowest BCUT2D eigenvalue weighted by Gasteiger charge is -2.09. The molecule has 0 bridgehead atoms. The highest BCUT2D eigenvalue weighted by molar-refractivity contribution is 9.10. The Kier molecular flexibility index (Phi) is 7.56. The van der Waals surface area contributed by atoms with E-state index in [1.165, 1.54) is 5.56 Å². The van der Waals surface area contributed by atoms with E-state index in [1.807, 2.05) is 25.1 Å². The van der Waals surface area contributed by atoms with E-state index in [2.05, 4.69) is 28.2 Å². The average Bonchev–Trinajstić information content (AvgIpc) is 2.37. The van der Waals surface area contributed by atoms with Crippen molar-refractivity contribution in [3.8, 4) is 5.75 Å². The molecule has 106 valence electrons. The second-order valence-electron chi connectivity index (χ2n) is 4.59. The van der Waals surface area contributed by atoms with E-state index in [1.54, 1.807) is 0 Å². The molecular formula is C15H22BrNO2. The molecule has 1 aromatic rings. The van der Waals surface area contributed by atoms with Crippen LogP contribution in [0, 0.1) is 6.92 Å². The standard InChI is InChI=1S/C15H22BrNO2/c1-3-4-9-17-15(18)6-5-10-19-14-8-7-12(2)11-13(14)16/h7-8,11H,3-6,9-10H2,1-2H3,(H,17,18). The molecule has 1 amide bonds. The summed E-state index contributed by atoms with van der Waals surface area (Å²) in [5, 5.41) is 2.90. The van der Waals surface area contributed by atoms with Gasteiger partial charge in [0.15, 0.2) is 0 Å². The van der Waals surface area contributed by atoms with Gasteiger partial charge in [-0.3, -0.25) is 4.79 Å². The number of halogens is 1. The Labute approximate surface area is 123 Å². The van der Waals surface area contributed by atoms with Gasteiger partial charge in [-0.1, -0.05) is 19.4 Å². The lowest BCUT2D eigenvalue weighted by molar-refractivity contribution is -0.121. The van der Waals surface area contributed by atoms with Gasteiger partial charge in [-0.25, -0.2) is 0 Å². The maximum absolute atomic E-state index is 11.5. The molecule has 0 atom stereocenters. The number of rotatable bonds is 8. The summed E-state index contributed by atoms with van der Waals surface area (Å²) < 4.78 is 6.60. The average molecular weight is 328 g/mol. The van der Waals surface area contributed by atoms with Crippen molar-refractivity contribution in [2.75, 3.05) is 13.2 Å². The number of benzene rings is 1. The number of hydrogen-bond acceptors (Lipinski definition) is 2. The van der Waals surface area contributed by atoms with Crippen molar-refractivity contribution in [3.63, 3.8) is 0 Å². The smallest absolute Gasteiger partial charge is 0.220 e. The molecule has 0 aliphatic carbocycles. The summed E-state index contributed by atoms with van der Waals surface area (Å²) in [6, 6.07) is 5.98. The molecule has 1 aromatic carbocycles. The first-order valence-electron chi connectivity index (χ1n) is 6.79. The number of carbonyl (C=O) groups excluding carboxylic acids is 1. The summed E-state index contributed by atoms with van der Waals surface area (Å²) in [6.07, 6.45) is 3.40. The second-order valence-corrected chi connectivity index (χ2v) is 5.44. The first-order chi connectivity index (χ1) is 9.13. The van der Waals surface area contributed by atoms with Crippen LogP contribution in [0.4, 0.5) is 0 Å². The minimum absolute atomic E-state index is 0.111. The monoisotopic (exact) mass is 327 g/mol. The molecule has 0 aliphatic heterocycles. The fourth-order valence-corrected chi connectivity index (χ4v) is 2.24. The molecule has 4 heteroatoms. The van der Waals surface area contributed by atoms with Crippen molar-refractivity contribution in [2.45, 2.75) is 39.5 Å². The Bertz CT molecular complexity index is 407. The van der Waals surface area contributed by atoms with Gasteiger partial charge in [0.2, 0.25) is 5.91 Å². The van der Waals surface area contributed by atoms with Crippen molar-refractivity contribution in [3.05, 3.63) is 28.2 Å². The van der Waals surface area contributed by atoms with Crippen molar-refractivity contribution < 1.29 is 9.53 Å². The normalized spacial score (nSPS) is 10.3. The van der Waals surface area contributed by atoms with E-state index >= 15 is 0 Å². The Balaban J connectivity index is 2.18. The molecule has 1 rings (SSSR count). The highest BCUT2D eigenvalue weighted by atomic mass is 79.9. The third kappa shape index (κ3) is 6.62. The van der Waals surface area contributed by atoms with Gasteiger partial charge in [0, 0.05) is 13.0 Å². The van der Waals surface area contributed by atoms with E-state index in [0.717, 1.165) is 36.0 Å². The molecule has 0 saturated carbocycles. The number of unbranched alkanes of at least 4 members (excludes halogenated alkanes) is 1. The molecule has 3 nitrogen and oxygen atoms in total. The third-order valence-corrected chi connectivity index (χ3v) is 3.37. The van der Waals surface area contributed by atoms with Gasteiger partial charge in [0.25, 0.3) is 0 Å². The Morgan fingerprint density at radius 2 is 2.16 bits per heavy atom. The number of nitrogens with one attached hydrogen (secondary N) is 1. The van der Waals surface area contributed by atoms with Crippen LogP contribution in [-0.2, 0) is 4.79 Å². The summed E-state index contributed by atoms with van der Waals surface area (Å²) in [4.78, 5) is 11.5. The van der Waals surface area contributed by atoms with Crippen LogP contribution in [0.5, 0.6) is 5.75 Å². The van der Waals surface area contributed by atoms with Gasteiger partial charge in [-0.2, -0.15) is 0 Å². The summed E-state index contributed by atoms with van der Waals surface area (Å²) in [5.41, 5.74) is 1.19. The molecular weight excluding hydrogens is 306 g/mol.